The van der Waals surface area contributed by atoms with Gasteiger partial charge in [-0.3, -0.25) is 9.59 Å². The fourth-order valence-corrected chi connectivity index (χ4v) is 5.11. The van der Waals surface area contributed by atoms with E-state index in [0.29, 0.717) is 26.9 Å². The molecule has 0 aliphatic carbocycles. The first-order valence-electron chi connectivity index (χ1n) is 10.4. The largest absolute Gasteiger partial charge is 0.461 e. The second-order valence-electron chi connectivity index (χ2n) is 7.14. The molecule has 0 aliphatic heterocycles. The van der Waals surface area contributed by atoms with Crippen LogP contribution >= 0.6 is 34.7 Å². The van der Waals surface area contributed by atoms with Crippen molar-refractivity contribution >= 4 is 62.3 Å². The van der Waals surface area contributed by atoms with E-state index in [1.165, 1.54) is 23.1 Å². The van der Waals surface area contributed by atoms with Crippen LogP contribution in [0.4, 0.5) is 5.00 Å². The molecule has 0 spiro atoms. The van der Waals surface area contributed by atoms with Gasteiger partial charge in [0.15, 0.2) is 5.69 Å². The summed E-state index contributed by atoms with van der Waals surface area (Å²) in [5, 5.41) is 10.1. The molecule has 2 aromatic heterocycles. The Labute approximate surface area is 208 Å². The number of halogens is 1. The van der Waals surface area contributed by atoms with Gasteiger partial charge in [-0.25, -0.2) is 4.79 Å². The summed E-state index contributed by atoms with van der Waals surface area (Å²) in [7, 11) is 0. The van der Waals surface area contributed by atoms with Crippen LogP contribution in [0.2, 0.25) is 5.02 Å². The minimum atomic E-state index is -0.649. The SMILES string of the molecule is CCOC(=O)c1nn(-c2ccc(Cl)cc2)c(=O)c2c(NC(=O)CSCc3ccccc3)scc12. The Morgan fingerprint density at radius 2 is 1.88 bits per heavy atom. The molecule has 0 unspecified atom stereocenters. The van der Waals surface area contributed by atoms with E-state index < -0.39 is 11.5 Å². The number of esters is 1. The molecule has 0 saturated carbocycles. The van der Waals surface area contributed by atoms with E-state index >= 15 is 0 Å². The fourth-order valence-electron chi connectivity index (χ4n) is 3.25. The van der Waals surface area contributed by atoms with Crippen LogP contribution in [-0.4, -0.2) is 34.0 Å². The van der Waals surface area contributed by atoms with Crippen LogP contribution in [0.3, 0.4) is 0 Å². The molecule has 7 nitrogen and oxygen atoms in total. The quantitative estimate of drug-likeness (QED) is 0.328. The minimum absolute atomic E-state index is 0.00148. The number of fused-ring (bicyclic) bond motifs is 1. The predicted octanol–water partition coefficient (Wildman–Crippen LogP) is 5.15. The number of amides is 1. The van der Waals surface area contributed by atoms with Crippen LogP contribution in [0.1, 0.15) is 23.0 Å². The highest BCUT2D eigenvalue weighted by molar-refractivity contribution is 7.99. The number of hydrogen-bond acceptors (Lipinski definition) is 7. The van der Waals surface area contributed by atoms with Gasteiger partial charge in [0.1, 0.15) is 5.00 Å². The molecule has 4 aromatic rings. The molecule has 4 rings (SSSR count). The first-order chi connectivity index (χ1) is 16.5. The van der Waals surface area contributed by atoms with Crippen molar-refractivity contribution in [3.05, 3.63) is 86.6 Å². The molecule has 0 aliphatic rings. The summed E-state index contributed by atoms with van der Waals surface area (Å²) in [4.78, 5) is 38.6. The molecule has 34 heavy (non-hydrogen) atoms. The molecular weight excluding hydrogens is 494 g/mol. The van der Waals surface area contributed by atoms with Gasteiger partial charge in [-0.1, -0.05) is 41.9 Å². The van der Waals surface area contributed by atoms with Crippen molar-refractivity contribution in [3.63, 3.8) is 0 Å². The van der Waals surface area contributed by atoms with Crippen molar-refractivity contribution in [3.8, 4) is 5.69 Å². The Hall–Kier alpha value is -3.14. The van der Waals surface area contributed by atoms with E-state index in [1.807, 2.05) is 30.3 Å². The van der Waals surface area contributed by atoms with Crippen LogP contribution in [0.25, 0.3) is 16.5 Å². The summed E-state index contributed by atoms with van der Waals surface area (Å²) in [5.74, 6) is 0.0239. The number of rotatable bonds is 8. The highest BCUT2D eigenvalue weighted by atomic mass is 35.5. The van der Waals surface area contributed by atoms with E-state index in [-0.39, 0.29) is 29.3 Å². The fraction of sp³-hybridized carbons (Fsp3) is 0.167. The number of thiophene rings is 1. The van der Waals surface area contributed by atoms with Gasteiger partial charge < -0.3 is 10.1 Å². The molecule has 0 atom stereocenters. The first kappa shape index (κ1) is 24.0. The lowest BCUT2D eigenvalue weighted by molar-refractivity contribution is -0.113. The average molecular weight is 514 g/mol. The van der Waals surface area contributed by atoms with Gasteiger partial charge in [-0.2, -0.15) is 9.78 Å². The number of hydrogen-bond donors (Lipinski definition) is 1. The monoisotopic (exact) mass is 513 g/mol. The van der Waals surface area contributed by atoms with Crippen LogP contribution in [0.5, 0.6) is 0 Å². The second kappa shape index (κ2) is 10.9. The van der Waals surface area contributed by atoms with Gasteiger partial charge in [0.2, 0.25) is 5.91 Å². The van der Waals surface area contributed by atoms with Gasteiger partial charge in [0.05, 0.1) is 23.4 Å². The van der Waals surface area contributed by atoms with Crippen LogP contribution in [0, 0.1) is 0 Å². The van der Waals surface area contributed by atoms with Crippen molar-refractivity contribution in [2.75, 3.05) is 17.7 Å². The van der Waals surface area contributed by atoms with Crippen molar-refractivity contribution in [2.24, 2.45) is 0 Å². The summed E-state index contributed by atoms with van der Waals surface area (Å²) in [6.07, 6.45) is 0. The molecule has 0 bridgehead atoms. The summed E-state index contributed by atoms with van der Waals surface area (Å²) in [6, 6.07) is 16.4. The van der Waals surface area contributed by atoms with Gasteiger partial charge in [-0.15, -0.1) is 23.1 Å². The lowest BCUT2D eigenvalue weighted by Gasteiger charge is -2.10. The molecule has 2 aromatic carbocycles. The van der Waals surface area contributed by atoms with Gasteiger partial charge in [-0.05, 0) is 36.8 Å². The zero-order valence-corrected chi connectivity index (χ0v) is 20.5. The van der Waals surface area contributed by atoms with Crippen LogP contribution in [-0.2, 0) is 15.3 Å². The topological polar surface area (TPSA) is 90.3 Å². The van der Waals surface area contributed by atoms with E-state index in [2.05, 4.69) is 10.4 Å². The third kappa shape index (κ3) is 5.32. The molecular formula is C24H20ClN3O4S2. The summed E-state index contributed by atoms with van der Waals surface area (Å²) in [6.45, 7) is 1.85. The third-order valence-corrected chi connectivity index (χ3v) is 6.94. The normalized spacial score (nSPS) is 10.9. The van der Waals surface area contributed by atoms with Crippen LogP contribution in [0.15, 0.2) is 64.8 Å². The van der Waals surface area contributed by atoms with Gasteiger partial charge in [0.25, 0.3) is 5.56 Å². The predicted molar refractivity (Wildman–Crippen MR) is 137 cm³/mol. The van der Waals surface area contributed by atoms with Crippen LogP contribution < -0.4 is 10.9 Å². The van der Waals surface area contributed by atoms with E-state index in [9.17, 15) is 14.4 Å². The summed E-state index contributed by atoms with van der Waals surface area (Å²) < 4.78 is 6.27. The summed E-state index contributed by atoms with van der Waals surface area (Å²) >= 11 is 8.61. The lowest BCUT2D eigenvalue weighted by atomic mass is 10.2. The smallest absolute Gasteiger partial charge is 0.359 e. The molecule has 0 radical (unpaired) electrons. The van der Waals surface area contributed by atoms with E-state index in [1.54, 1.807) is 36.6 Å². The number of carbonyl (C=O) groups excluding carboxylic acids is 2. The third-order valence-electron chi connectivity index (χ3n) is 4.79. The van der Waals surface area contributed by atoms with Gasteiger partial charge in [0, 0.05) is 21.5 Å². The standard InChI is InChI=1S/C24H20ClN3O4S2/c1-2-32-24(31)21-18-13-34-22(26-19(29)14-33-12-15-6-4-3-5-7-15)20(18)23(30)28(27-21)17-10-8-16(25)9-11-17/h3-11,13H,2,12,14H2,1H3,(H,26,29). The maximum Gasteiger partial charge on any atom is 0.359 e. The maximum atomic E-state index is 13.4. The van der Waals surface area contributed by atoms with Gasteiger partial charge >= 0.3 is 5.97 Å². The van der Waals surface area contributed by atoms with Crippen molar-refractivity contribution < 1.29 is 14.3 Å². The number of carbonyl (C=O) groups is 2. The average Bonchev–Trinajstić information content (AvgIpc) is 3.25. The van der Waals surface area contributed by atoms with E-state index in [0.717, 1.165) is 10.2 Å². The number of nitrogens with zero attached hydrogens (tertiary/aromatic N) is 2. The van der Waals surface area contributed by atoms with Crippen molar-refractivity contribution in [1.82, 2.24) is 9.78 Å². The number of nitrogens with one attached hydrogen (secondary N) is 1. The Kier molecular flexibility index (Phi) is 7.66. The number of anilines is 1. The molecule has 2 heterocycles. The Morgan fingerprint density at radius 1 is 1.15 bits per heavy atom. The zero-order chi connectivity index (χ0) is 24.1. The molecule has 1 amide bonds. The zero-order valence-electron chi connectivity index (χ0n) is 18.1. The second-order valence-corrected chi connectivity index (χ2v) is 9.44. The summed E-state index contributed by atoms with van der Waals surface area (Å²) in [5.41, 5.74) is 1.10. The minimum Gasteiger partial charge on any atom is -0.461 e. The number of benzene rings is 2. The lowest BCUT2D eigenvalue weighted by Crippen LogP contribution is -2.25. The number of ether oxygens (including phenoxy) is 1. The maximum absolute atomic E-state index is 13.4. The molecule has 174 valence electrons. The molecule has 1 N–H and O–H groups in total. The Balaban J connectivity index is 1.66. The Bertz CT molecular complexity index is 1390. The molecule has 0 fully saturated rings. The Morgan fingerprint density at radius 3 is 2.59 bits per heavy atom. The highest BCUT2D eigenvalue weighted by Gasteiger charge is 2.23. The number of aromatic nitrogens is 2. The first-order valence-corrected chi connectivity index (χ1v) is 12.8. The molecule has 0 saturated heterocycles. The van der Waals surface area contributed by atoms with Crippen molar-refractivity contribution in [2.45, 2.75) is 12.7 Å². The molecule has 10 heteroatoms. The number of thioether (sulfide) groups is 1. The van der Waals surface area contributed by atoms with Crippen molar-refractivity contribution in [1.29, 1.82) is 0 Å². The van der Waals surface area contributed by atoms with E-state index in [4.69, 9.17) is 16.3 Å². The highest BCUT2D eigenvalue weighted by Crippen LogP contribution is 2.31.